The minimum atomic E-state index is -4.72. The Morgan fingerprint density at radius 1 is 1.14 bits per heavy atom. The van der Waals surface area contributed by atoms with Crippen LogP contribution in [0.15, 0.2) is 24.3 Å². The first-order chi connectivity index (χ1) is 9.46. The number of rotatable bonds is 4. The topological polar surface area (TPSA) is 47.6 Å². The maximum atomic E-state index is 12.0. The molecule has 21 heavy (non-hydrogen) atoms. The molecule has 0 radical (unpaired) electrons. The molecule has 7 heteroatoms. The predicted octanol–water partition coefficient (Wildman–Crippen LogP) is 3.73. The van der Waals surface area contributed by atoms with Crippen LogP contribution in [0.25, 0.3) is 0 Å². The molecule has 0 heterocycles. The normalized spacial score (nSPS) is 13.5. The Morgan fingerprint density at radius 2 is 1.67 bits per heavy atom. The highest BCUT2D eigenvalue weighted by Crippen LogP contribution is 2.24. The summed E-state index contributed by atoms with van der Waals surface area (Å²) in [7, 11) is 0. The molecule has 0 amide bonds. The molecular weight excluding hydrogens is 287 g/mol. The van der Waals surface area contributed by atoms with Crippen molar-refractivity contribution in [1.82, 2.24) is 0 Å². The fraction of sp³-hybridized carbons (Fsp3) is 0.500. The number of anilines is 1. The van der Waals surface area contributed by atoms with E-state index in [-0.39, 0.29) is 5.75 Å². The average Bonchev–Trinajstić information content (AvgIpc) is 2.27. The molecule has 0 aliphatic heterocycles. The molecule has 1 unspecified atom stereocenters. The monoisotopic (exact) mass is 305 g/mol. The molecule has 1 aromatic rings. The summed E-state index contributed by atoms with van der Waals surface area (Å²) >= 11 is 0. The number of carbonyl (C=O) groups is 1. The summed E-state index contributed by atoms with van der Waals surface area (Å²) in [4.78, 5) is 11.8. The van der Waals surface area contributed by atoms with Gasteiger partial charge in [0, 0.05) is 5.69 Å². The molecule has 0 saturated carbocycles. The first-order valence-corrected chi connectivity index (χ1v) is 6.31. The Bertz CT molecular complexity index is 478. The number of esters is 1. The summed E-state index contributed by atoms with van der Waals surface area (Å²) in [5.74, 6) is -0.768. The fourth-order valence-corrected chi connectivity index (χ4v) is 1.45. The zero-order valence-electron chi connectivity index (χ0n) is 12.2. The maximum Gasteiger partial charge on any atom is 0.573 e. The third-order valence-corrected chi connectivity index (χ3v) is 2.23. The molecule has 0 saturated heterocycles. The molecule has 1 rings (SSSR count). The van der Waals surface area contributed by atoms with Crippen LogP contribution < -0.4 is 10.1 Å². The van der Waals surface area contributed by atoms with Crippen LogP contribution in [0.4, 0.5) is 18.9 Å². The van der Waals surface area contributed by atoms with Gasteiger partial charge in [-0.1, -0.05) is 0 Å². The Labute approximate surface area is 121 Å². The number of hydrogen-bond acceptors (Lipinski definition) is 4. The van der Waals surface area contributed by atoms with Gasteiger partial charge in [-0.05, 0) is 52.0 Å². The molecule has 4 nitrogen and oxygen atoms in total. The van der Waals surface area contributed by atoms with Gasteiger partial charge in [0.25, 0.3) is 0 Å². The van der Waals surface area contributed by atoms with Crippen molar-refractivity contribution in [3.8, 4) is 5.75 Å². The number of benzene rings is 1. The van der Waals surface area contributed by atoms with E-state index >= 15 is 0 Å². The second-order valence-electron chi connectivity index (χ2n) is 5.47. The van der Waals surface area contributed by atoms with Gasteiger partial charge in [-0.3, -0.25) is 0 Å². The van der Waals surface area contributed by atoms with Crippen molar-refractivity contribution in [1.29, 1.82) is 0 Å². The molecule has 0 spiro atoms. The summed E-state index contributed by atoms with van der Waals surface area (Å²) in [6.45, 7) is 6.86. The van der Waals surface area contributed by atoms with Gasteiger partial charge in [0.15, 0.2) is 0 Å². The van der Waals surface area contributed by atoms with Crippen LogP contribution in [-0.2, 0) is 9.53 Å². The van der Waals surface area contributed by atoms with Crippen molar-refractivity contribution in [3.05, 3.63) is 24.3 Å². The highest BCUT2D eigenvalue weighted by atomic mass is 19.4. The minimum absolute atomic E-state index is 0.321. The van der Waals surface area contributed by atoms with Gasteiger partial charge in [0.05, 0.1) is 0 Å². The summed E-state index contributed by atoms with van der Waals surface area (Å²) in [5, 5.41) is 2.84. The second-order valence-corrected chi connectivity index (χ2v) is 5.47. The van der Waals surface area contributed by atoms with Crippen LogP contribution in [0.5, 0.6) is 5.75 Å². The standard InChI is InChI=1S/C14H18F3NO3/c1-9(12(19)21-13(2,3)4)18-10-5-7-11(8-6-10)20-14(15,16)17/h5-9,18H,1-4H3. The summed E-state index contributed by atoms with van der Waals surface area (Å²) < 4.78 is 45.0. The van der Waals surface area contributed by atoms with Crippen molar-refractivity contribution in [2.24, 2.45) is 0 Å². The first-order valence-electron chi connectivity index (χ1n) is 6.31. The Kier molecular flexibility index (Phi) is 5.09. The molecule has 118 valence electrons. The number of hydrogen-bond donors (Lipinski definition) is 1. The van der Waals surface area contributed by atoms with E-state index < -0.39 is 24.0 Å². The van der Waals surface area contributed by atoms with Gasteiger partial charge in [-0.15, -0.1) is 13.2 Å². The zero-order chi connectivity index (χ0) is 16.3. The second kappa shape index (κ2) is 6.24. The number of alkyl halides is 3. The highest BCUT2D eigenvalue weighted by molar-refractivity contribution is 5.79. The lowest BCUT2D eigenvalue weighted by atomic mass is 10.2. The third kappa shape index (κ3) is 6.87. The van der Waals surface area contributed by atoms with Crippen molar-refractivity contribution in [2.45, 2.75) is 45.7 Å². The number of halogens is 3. The molecular formula is C14H18F3NO3. The van der Waals surface area contributed by atoms with E-state index in [2.05, 4.69) is 10.1 Å². The van der Waals surface area contributed by atoms with Gasteiger partial charge < -0.3 is 14.8 Å². The molecule has 0 aromatic heterocycles. The van der Waals surface area contributed by atoms with Gasteiger partial charge in [-0.25, -0.2) is 4.79 Å². The van der Waals surface area contributed by atoms with Gasteiger partial charge in [0.1, 0.15) is 17.4 Å². The molecule has 0 aliphatic rings. The van der Waals surface area contributed by atoms with E-state index in [0.717, 1.165) is 12.1 Å². The lowest BCUT2D eigenvalue weighted by Crippen LogP contribution is -2.34. The number of carbonyl (C=O) groups excluding carboxylic acids is 1. The van der Waals surface area contributed by atoms with Crippen LogP contribution in [0.1, 0.15) is 27.7 Å². The van der Waals surface area contributed by atoms with E-state index in [1.54, 1.807) is 27.7 Å². The third-order valence-electron chi connectivity index (χ3n) is 2.23. The summed E-state index contributed by atoms with van der Waals surface area (Å²) in [6.07, 6.45) is -4.72. The predicted molar refractivity (Wildman–Crippen MR) is 72.1 cm³/mol. The van der Waals surface area contributed by atoms with E-state index in [0.29, 0.717) is 5.69 Å². The van der Waals surface area contributed by atoms with Crippen LogP contribution in [0.3, 0.4) is 0 Å². The van der Waals surface area contributed by atoms with Gasteiger partial charge >= 0.3 is 12.3 Å². The van der Waals surface area contributed by atoms with Crippen LogP contribution in [0.2, 0.25) is 0 Å². The van der Waals surface area contributed by atoms with Crippen LogP contribution in [0, 0.1) is 0 Å². The number of ether oxygens (including phenoxy) is 2. The SMILES string of the molecule is CC(Nc1ccc(OC(F)(F)F)cc1)C(=O)OC(C)(C)C. The van der Waals surface area contributed by atoms with E-state index in [9.17, 15) is 18.0 Å². The maximum absolute atomic E-state index is 12.0. The smallest absolute Gasteiger partial charge is 0.458 e. The fourth-order valence-electron chi connectivity index (χ4n) is 1.45. The Morgan fingerprint density at radius 3 is 2.10 bits per heavy atom. The molecule has 0 aliphatic carbocycles. The van der Waals surface area contributed by atoms with Crippen LogP contribution >= 0.6 is 0 Å². The summed E-state index contributed by atoms with van der Waals surface area (Å²) in [5.41, 5.74) is -0.111. The van der Waals surface area contributed by atoms with Crippen LogP contribution in [-0.4, -0.2) is 24.0 Å². The Balaban J connectivity index is 2.61. The van der Waals surface area contributed by atoms with Crippen molar-refractivity contribution in [3.63, 3.8) is 0 Å². The lowest BCUT2D eigenvalue weighted by Gasteiger charge is -2.23. The van der Waals surface area contributed by atoms with E-state index in [1.165, 1.54) is 12.1 Å². The first kappa shape index (κ1) is 17.1. The average molecular weight is 305 g/mol. The zero-order valence-corrected chi connectivity index (χ0v) is 12.2. The largest absolute Gasteiger partial charge is 0.573 e. The quantitative estimate of drug-likeness (QED) is 0.861. The lowest BCUT2D eigenvalue weighted by molar-refractivity contribution is -0.274. The molecule has 0 fully saturated rings. The van der Waals surface area contributed by atoms with Crippen molar-refractivity contribution < 1.29 is 27.4 Å². The van der Waals surface area contributed by atoms with Crippen molar-refractivity contribution in [2.75, 3.05) is 5.32 Å². The molecule has 1 N–H and O–H groups in total. The number of nitrogens with one attached hydrogen (secondary N) is 1. The molecule has 1 atom stereocenters. The Hall–Kier alpha value is -1.92. The highest BCUT2D eigenvalue weighted by Gasteiger charge is 2.31. The summed E-state index contributed by atoms with van der Waals surface area (Å²) in [6, 6.07) is 4.48. The van der Waals surface area contributed by atoms with Gasteiger partial charge in [0.2, 0.25) is 0 Å². The minimum Gasteiger partial charge on any atom is -0.458 e. The van der Waals surface area contributed by atoms with E-state index in [1.807, 2.05) is 0 Å². The van der Waals surface area contributed by atoms with Crippen molar-refractivity contribution >= 4 is 11.7 Å². The van der Waals surface area contributed by atoms with Gasteiger partial charge in [-0.2, -0.15) is 0 Å². The van der Waals surface area contributed by atoms with E-state index in [4.69, 9.17) is 4.74 Å². The molecule has 0 bridgehead atoms. The molecule has 1 aromatic carbocycles.